The molecular formula is C18H21N3O2S. The van der Waals surface area contributed by atoms with Gasteiger partial charge < -0.3 is 10.2 Å². The molecule has 0 radical (unpaired) electrons. The van der Waals surface area contributed by atoms with Crippen LogP contribution in [0.15, 0.2) is 30.3 Å². The fraction of sp³-hybridized carbons (Fsp3) is 0.389. The summed E-state index contributed by atoms with van der Waals surface area (Å²) in [7, 11) is 0. The lowest BCUT2D eigenvalue weighted by atomic mass is 10.0. The number of nitrogens with zero attached hydrogens (tertiary/aromatic N) is 2. The molecule has 5 nitrogen and oxygen atoms in total. The standard InChI is InChI=1S/C18H21N3O2S/c1-12-16(24-13(2)20-12)11-17(22)21-9-8-19-18(23)15(21)10-14-6-4-3-5-7-14/h3-7,15H,8-11H2,1-2H3,(H,19,23)/t15-/m0/s1. The van der Waals surface area contributed by atoms with Crippen molar-refractivity contribution in [2.24, 2.45) is 0 Å². The maximum absolute atomic E-state index is 12.8. The minimum Gasteiger partial charge on any atom is -0.353 e. The van der Waals surface area contributed by atoms with Crippen LogP contribution >= 0.6 is 11.3 Å². The predicted octanol–water partition coefficient (Wildman–Crippen LogP) is 1.87. The maximum atomic E-state index is 12.8. The molecule has 2 heterocycles. The molecule has 1 saturated heterocycles. The van der Waals surface area contributed by atoms with Crippen LogP contribution in [0, 0.1) is 13.8 Å². The number of piperazine rings is 1. The number of thiazole rings is 1. The number of hydrogen-bond donors (Lipinski definition) is 1. The zero-order valence-corrected chi connectivity index (χ0v) is 14.7. The van der Waals surface area contributed by atoms with Gasteiger partial charge in [0, 0.05) is 24.4 Å². The Morgan fingerprint density at radius 1 is 1.33 bits per heavy atom. The van der Waals surface area contributed by atoms with Gasteiger partial charge in [-0.2, -0.15) is 0 Å². The lowest BCUT2D eigenvalue weighted by molar-refractivity contribution is -0.142. The molecule has 1 N–H and O–H groups in total. The Balaban J connectivity index is 1.76. The molecule has 1 aromatic heterocycles. The first-order valence-electron chi connectivity index (χ1n) is 8.08. The van der Waals surface area contributed by atoms with Crippen LogP contribution in [0.3, 0.4) is 0 Å². The SMILES string of the molecule is Cc1nc(C)c(CC(=O)N2CCNC(=O)[C@@H]2Cc2ccccc2)s1. The van der Waals surface area contributed by atoms with Crippen molar-refractivity contribution in [3.05, 3.63) is 51.5 Å². The molecule has 1 fully saturated rings. The summed E-state index contributed by atoms with van der Waals surface area (Å²) in [6.45, 7) is 4.93. The largest absolute Gasteiger partial charge is 0.353 e. The highest BCUT2D eigenvalue weighted by Crippen LogP contribution is 2.20. The van der Waals surface area contributed by atoms with E-state index in [1.807, 2.05) is 44.2 Å². The van der Waals surface area contributed by atoms with Crippen LogP contribution in [-0.2, 0) is 22.4 Å². The number of carbonyl (C=O) groups is 2. The van der Waals surface area contributed by atoms with Crippen LogP contribution in [0.4, 0.5) is 0 Å². The second-order valence-corrected chi connectivity index (χ2v) is 7.29. The lowest BCUT2D eigenvalue weighted by Crippen LogP contribution is -2.58. The van der Waals surface area contributed by atoms with Crippen molar-refractivity contribution in [2.75, 3.05) is 13.1 Å². The van der Waals surface area contributed by atoms with Crippen molar-refractivity contribution in [3.63, 3.8) is 0 Å². The number of hydrogen-bond acceptors (Lipinski definition) is 4. The van der Waals surface area contributed by atoms with Gasteiger partial charge in [-0.15, -0.1) is 11.3 Å². The molecule has 24 heavy (non-hydrogen) atoms. The number of carbonyl (C=O) groups excluding carboxylic acids is 2. The molecule has 126 valence electrons. The molecule has 0 saturated carbocycles. The van der Waals surface area contributed by atoms with Crippen LogP contribution in [0.25, 0.3) is 0 Å². The number of benzene rings is 1. The van der Waals surface area contributed by atoms with Crippen LogP contribution in [0.2, 0.25) is 0 Å². The van der Waals surface area contributed by atoms with Gasteiger partial charge in [-0.05, 0) is 19.4 Å². The quantitative estimate of drug-likeness (QED) is 0.922. The number of aryl methyl sites for hydroxylation is 2. The van der Waals surface area contributed by atoms with Gasteiger partial charge in [0.25, 0.3) is 0 Å². The Hall–Kier alpha value is -2.21. The Morgan fingerprint density at radius 2 is 2.08 bits per heavy atom. The molecule has 1 aliphatic rings. The second kappa shape index (κ2) is 7.13. The smallest absolute Gasteiger partial charge is 0.243 e. The molecule has 3 rings (SSSR count). The van der Waals surface area contributed by atoms with E-state index in [9.17, 15) is 9.59 Å². The van der Waals surface area contributed by atoms with E-state index in [0.29, 0.717) is 25.9 Å². The second-order valence-electron chi connectivity index (χ2n) is 6.00. The van der Waals surface area contributed by atoms with Gasteiger partial charge in [0.2, 0.25) is 11.8 Å². The Kier molecular flexibility index (Phi) is 4.94. The van der Waals surface area contributed by atoms with Crippen molar-refractivity contribution in [1.82, 2.24) is 15.2 Å². The molecule has 1 atom stereocenters. The third-order valence-corrected chi connectivity index (χ3v) is 5.31. The molecular weight excluding hydrogens is 322 g/mol. The maximum Gasteiger partial charge on any atom is 0.243 e. The molecule has 6 heteroatoms. The third kappa shape index (κ3) is 3.64. The minimum atomic E-state index is -0.442. The van der Waals surface area contributed by atoms with E-state index in [-0.39, 0.29) is 11.8 Å². The highest BCUT2D eigenvalue weighted by molar-refractivity contribution is 7.11. The van der Waals surface area contributed by atoms with E-state index >= 15 is 0 Å². The molecule has 1 aliphatic heterocycles. The summed E-state index contributed by atoms with van der Waals surface area (Å²) in [4.78, 5) is 32.2. The van der Waals surface area contributed by atoms with Crippen LogP contribution in [0.5, 0.6) is 0 Å². The Labute approximate surface area is 145 Å². The first-order chi connectivity index (χ1) is 11.5. The predicted molar refractivity (Wildman–Crippen MR) is 93.9 cm³/mol. The van der Waals surface area contributed by atoms with E-state index in [2.05, 4.69) is 10.3 Å². The molecule has 0 bridgehead atoms. The van der Waals surface area contributed by atoms with Crippen LogP contribution < -0.4 is 5.32 Å². The molecule has 0 spiro atoms. The summed E-state index contributed by atoms with van der Waals surface area (Å²) in [5.74, 6) is -0.0757. The van der Waals surface area contributed by atoms with Crippen molar-refractivity contribution in [2.45, 2.75) is 32.7 Å². The fourth-order valence-electron chi connectivity index (χ4n) is 3.03. The van der Waals surface area contributed by atoms with E-state index in [4.69, 9.17) is 0 Å². The fourth-order valence-corrected chi connectivity index (χ4v) is 3.96. The lowest BCUT2D eigenvalue weighted by Gasteiger charge is -2.35. The van der Waals surface area contributed by atoms with Gasteiger partial charge in [0.15, 0.2) is 0 Å². The minimum absolute atomic E-state index is 0.00229. The first-order valence-corrected chi connectivity index (χ1v) is 8.90. The molecule has 0 unspecified atom stereocenters. The first kappa shape index (κ1) is 16.6. The summed E-state index contributed by atoms with van der Waals surface area (Å²) in [5, 5.41) is 3.84. The molecule has 2 amide bonds. The van der Waals surface area contributed by atoms with Crippen molar-refractivity contribution >= 4 is 23.2 Å². The normalized spacial score (nSPS) is 17.7. The summed E-state index contributed by atoms with van der Waals surface area (Å²) < 4.78 is 0. The van der Waals surface area contributed by atoms with E-state index in [0.717, 1.165) is 21.1 Å². The van der Waals surface area contributed by atoms with Gasteiger partial charge in [0.1, 0.15) is 6.04 Å². The van der Waals surface area contributed by atoms with Crippen molar-refractivity contribution in [3.8, 4) is 0 Å². The average Bonchev–Trinajstić information content (AvgIpc) is 2.87. The summed E-state index contributed by atoms with van der Waals surface area (Å²) in [6, 6.07) is 9.38. The number of nitrogens with one attached hydrogen (secondary N) is 1. The van der Waals surface area contributed by atoms with Gasteiger partial charge in [-0.3, -0.25) is 9.59 Å². The van der Waals surface area contributed by atoms with Crippen molar-refractivity contribution < 1.29 is 9.59 Å². The zero-order chi connectivity index (χ0) is 17.1. The number of aromatic nitrogens is 1. The highest BCUT2D eigenvalue weighted by Gasteiger charge is 2.33. The molecule has 1 aromatic carbocycles. The van der Waals surface area contributed by atoms with Gasteiger partial charge in [-0.25, -0.2) is 4.98 Å². The molecule has 2 aromatic rings. The van der Waals surface area contributed by atoms with Gasteiger partial charge >= 0.3 is 0 Å². The number of rotatable bonds is 4. The third-order valence-electron chi connectivity index (χ3n) is 4.23. The number of amides is 2. The van der Waals surface area contributed by atoms with E-state index in [1.165, 1.54) is 0 Å². The van der Waals surface area contributed by atoms with Crippen molar-refractivity contribution in [1.29, 1.82) is 0 Å². The summed E-state index contributed by atoms with van der Waals surface area (Å²) >= 11 is 1.55. The molecule has 0 aliphatic carbocycles. The highest BCUT2D eigenvalue weighted by atomic mass is 32.1. The Bertz CT molecular complexity index is 742. The van der Waals surface area contributed by atoms with Crippen LogP contribution in [0.1, 0.15) is 21.1 Å². The van der Waals surface area contributed by atoms with E-state index < -0.39 is 6.04 Å². The van der Waals surface area contributed by atoms with Crippen LogP contribution in [-0.4, -0.2) is 40.8 Å². The summed E-state index contributed by atoms with van der Waals surface area (Å²) in [6.07, 6.45) is 0.856. The Morgan fingerprint density at radius 3 is 2.75 bits per heavy atom. The van der Waals surface area contributed by atoms with E-state index in [1.54, 1.807) is 16.2 Å². The topological polar surface area (TPSA) is 62.3 Å². The average molecular weight is 343 g/mol. The van der Waals surface area contributed by atoms with Gasteiger partial charge in [-0.1, -0.05) is 30.3 Å². The zero-order valence-electron chi connectivity index (χ0n) is 13.9. The van der Waals surface area contributed by atoms with Gasteiger partial charge in [0.05, 0.1) is 17.1 Å². The summed E-state index contributed by atoms with van der Waals surface area (Å²) in [5.41, 5.74) is 1.97. The monoisotopic (exact) mass is 343 g/mol.